The Kier molecular flexibility index (Phi) is 6.59. The number of sulfonamides is 1. The van der Waals surface area contributed by atoms with Crippen LogP contribution in [0.4, 0.5) is 0 Å². The van der Waals surface area contributed by atoms with Crippen LogP contribution in [-0.4, -0.2) is 94.0 Å². The van der Waals surface area contributed by atoms with Crippen LogP contribution in [0.1, 0.15) is 30.6 Å². The van der Waals surface area contributed by atoms with Crippen molar-refractivity contribution in [2.45, 2.75) is 43.4 Å². The van der Waals surface area contributed by atoms with Crippen LogP contribution < -0.4 is 0 Å². The van der Waals surface area contributed by atoms with Gasteiger partial charge in [-0.2, -0.15) is 4.31 Å². The number of benzene rings is 1. The lowest BCUT2D eigenvalue weighted by atomic mass is 10.1. The van der Waals surface area contributed by atoms with Gasteiger partial charge in [-0.1, -0.05) is 6.07 Å². The van der Waals surface area contributed by atoms with Crippen molar-refractivity contribution < 1.29 is 26.4 Å². The molecule has 2 fully saturated rings. The minimum absolute atomic E-state index is 0.0346. The molecule has 1 amide bonds. The molecule has 0 spiro atoms. The smallest absolute Gasteiger partial charge is 0.268 e. The molecular weight excluding hydrogens is 430 g/mol. The van der Waals surface area contributed by atoms with E-state index in [2.05, 4.69) is 0 Å². The maximum absolute atomic E-state index is 13.2. The zero-order valence-corrected chi connectivity index (χ0v) is 19.3. The molecule has 2 aliphatic heterocycles. The van der Waals surface area contributed by atoms with Crippen molar-refractivity contribution in [1.29, 1.82) is 0 Å². The lowest BCUT2D eigenvalue weighted by molar-refractivity contribution is -0.0440. The molecule has 2 saturated heterocycles. The van der Waals surface area contributed by atoms with Gasteiger partial charge in [-0.3, -0.25) is 9.80 Å². The number of sulfone groups is 1. The predicted octanol–water partition coefficient (Wildman–Crippen LogP) is 0.590. The molecule has 0 saturated carbocycles. The van der Waals surface area contributed by atoms with Crippen LogP contribution in [0.15, 0.2) is 29.2 Å². The molecule has 3 atom stereocenters. The number of hydrogen-bond acceptors (Lipinski definition) is 7. The molecule has 168 valence electrons. The molecule has 0 unspecified atom stereocenters. The summed E-state index contributed by atoms with van der Waals surface area (Å²) < 4.78 is 57.1. The summed E-state index contributed by atoms with van der Waals surface area (Å²) in [4.78, 5) is 13.2. The summed E-state index contributed by atoms with van der Waals surface area (Å²) in [6.07, 6.45) is -0.0860. The molecule has 1 aromatic rings. The summed E-state index contributed by atoms with van der Waals surface area (Å²) in [5.41, 5.74) is 0.198. The highest BCUT2D eigenvalue weighted by atomic mass is 32.2. The number of hydrazine groups is 1. The summed E-state index contributed by atoms with van der Waals surface area (Å²) in [5.74, 6) is -0.488. The number of amides is 1. The highest BCUT2D eigenvalue weighted by molar-refractivity contribution is 7.91. The summed E-state index contributed by atoms with van der Waals surface area (Å²) >= 11 is 0. The third kappa shape index (κ3) is 4.86. The van der Waals surface area contributed by atoms with Crippen molar-refractivity contribution in [3.8, 4) is 0 Å². The number of carbonyl (C=O) groups excluding carboxylic acids is 1. The fraction of sp³-hybridized carbons (Fsp3) is 0.632. The third-order valence-corrected chi connectivity index (χ3v) is 8.88. The van der Waals surface area contributed by atoms with Crippen LogP contribution in [0.5, 0.6) is 0 Å². The lowest BCUT2D eigenvalue weighted by Gasteiger charge is -2.35. The summed E-state index contributed by atoms with van der Waals surface area (Å²) in [7, 11) is -3.64. The number of nitrogens with zero attached hydrogens (tertiary/aromatic N) is 3. The Morgan fingerprint density at radius 3 is 2.33 bits per heavy atom. The van der Waals surface area contributed by atoms with Crippen molar-refractivity contribution in [2.75, 3.05) is 38.7 Å². The first kappa shape index (κ1) is 23.1. The van der Waals surface area contributed by atoms with Crippen LogP contribution in [0.3, 0.4) is 0 Å². The zero-order valence-electron chi connectivity index (χ0n) is 17.7. The van der Waals surface area contributed by atoms with Gasteiger partial charge in [-0.15, -0.1) is 0 Å². The van der Waals surface area contributed by atoms with Crippen LogP contribution in [0, 0.1) is 0 Å². The van der Waals surface area contributed by atoms with E-state index in [0.29, 0.717) is 6.42 Å². The Hall–Kier alpha value is -1.53. The molecule has 0 radical (unpaired) electrons. The van der Waals surface area contributed by atoms with Crippen LogP contribution >= 0.6 is 0 Å². The molecule has 11 heteroatoms. The molecule has 0 bridgehead atoms. The maximum atomic E-state index is 13.2. The normalized spacial score (nSPS) is 27.3. The average Bonchev–Trinajstić information content (AvgIpc) is 3.00. The molecule has 1 aromatic carbocycles. The average molecular weight is 460 g/mol. The van der Waals surface area contributed by atoms with Gasteiger partial charge in [0.1, 0.15) is 0 Å². The SMILES string of the molecule is C[C@@H]1CN(S(=O)(=O)c2cccc(C(=O)N([C@H]3CCS(=O)(=O)C3)N(C)C)c2)C[C@H](C)O1. The first-order valence-electron chi connectivity index (χ1n) is 9.87. The molecule has 2 aliphatic rings. The Labute approximate surface area is 178 Å². The lowest BCUT2D eigenvalue weighted by Crippen LogP contribution is -2.49. The minimum atomic E-state index is -3.79. The second-order valence-electron chi connectivity index (χ2n) is 8.16. The van der Waals surface area contributed by atoms with Gasteiger partial charge in [0, 0.05) is 32.7 Å². The molecular formula is C19H29N3O6S2. The van der Waals surface area contributed by atoms with E-state index in [1.54, 1.807) is 25.2 Å². The van der Waals surface area contributed by atoms with Crippen LogP contribution in [-0.2, 0) is 24.6 Å². The van der Waals surface area contributed by atoms with E-state index in [-0.39, 0.29) is 47.3 Å². The van der Waals surface area contributed by atoms with Gasteiger partial charge in [0.15, 0.2) is 9.84 Å². The van der Waals surface area contributed by atoms with E-state index in [4.69, 9.17) is 4.74 Å². The predicted molar refractivity (Wildman–Crippen MR) is 112 cm³/mol. The minimum Gasteiger partial charge on any atom is -0.373 e. The monoisotopic (exact) mass is 459 g/mol. The van der Waals surface area contributed by atoms with Gasteiger partial charge in [0.05, 0.1) is 34.7 Å². The van der Waals surface area contributed by atoms with E-state index in [0.717, 1.165) is 0 Å². The molecule has 3 rings (SSSR count). The van der Waals surface area contributed by atoms with E-state index >= 15 is 0 Å². The first-order chi connectivity index (χ1) is 13.9. The van der Waals surface area contributed by atoms with Gasteiger partial charge in [0.25, 0.3) is 5.91 Å². The van der Waals surface area contributed by atoms with Gasteiger partial charge < -0.3 is 4.74 Å². The number of hydrogen-bond donors (Lipinski definition) is 0. The topological polar surface area (TPSA) is 104 Å². The van der Waals surface area contributed by atoms with Gasteiger partial charge >= 0.3 is 0 Å². The van der Waals surface area contributed by atoms with Gasteiger partial charge in [0.2, 0.25) is 10.0 Å². The van der Waals surface area contributed by atoms with Crippen LogP contribution in [0.25, 0.3) is 0 Å². The second-order valence-corrected chi connectivity index (χ2v) is 12.3. The van der Waals surface area contributed by atoms with Crippen molar-refractivity contribution in [3.05, 3.63) is 29.8 Å². The molecule has 2 heterocycles. The fourth-order valence-electron chi connectivity index (χ4n) is 4.04. The molecule has 30 heavy (non-hydrogen) atoms. The van der Waals surface area contributed by atoms with Crippen LogP contribution in [0.2, 0.25) is 0 Å². The highest BCUT2D eigenvalue weighted by Gasteiger charge is 2.37. The molecule has 9 nitrogen and oxygen atoms in total. The maximum Gasteiger partial charge on any atom is 0.268 e. The van der Waals surface area contributed by atoms with E-state index in [1.165, 1.54) is 27.5 Å². The fourth-order valence-corrected chi connectivity index (χ4v) is 7.37. The third-order valence-electron chi connectivity index (χ3n) is 5.30. The summed E-state index contributed by atoms with van der Waals surface area (Å²) in [5, 5.41) is 2.95. The first-order valence-corrected chi connectivity index (χ1v) is 13.1. The second kappa shape index (κ2) is 8.54. The van der Waals surface area contributed by atoms with E-state index in [1.807, 2.05) is 13.8 Å². The van der Waals surface area contributed by atoms with Crippen molar-refractivity contribution >= 4 is 25.8 Å². The standard InChI is InChI=1S/C19H29N3O6S2/c1-14-11-21(12-15(2)28-14)30(26,27)18-7-5-6-16(10-18)19(23)22(20(3)4)17-8-9-29(24,25)13-17/h5-7,10,14-15,17H,8-9,11-13H2,1-4H3/t14-,15+,17-/m0/s1. The van der Waals surface area contributed by atoms with Gasteiger partial charge in [-0.05, 0) is 38.5 Å². The summed E-state index contributed by atoms with van der Waals surface area (Å²) in [6, 6.07) is 5.44. The van der Waals surface area contributed by atoms with E-state index < -0.39 is 31.8 Å². The number of rotatable bonds is 5. The number of morpholine rings is 1. The Morgan fingerprint density at radius 2 is 1.80 bits per heavy atom. The summed E-state index contributed by atoms with van der Waals surface area (Å²) in [6.45, 7) is 4.13. The highest BCUT2D eigenvalue weighted by Crippen LogP contribution is 2.24. The number of ether oxygens (including phenoxy) is 1. The Morgan fingerprint density at radius 1 is 1.17 bits per heavy atom. The Balaban J connectivity index is 1.89. The van der Waals surface area contributed by atoms with Crippen molar-refractivity contribution in [2.24, 2.45) is 0 Å². The quantitative estimate of drug-likeness (QED) is 0.594. The number of carbonyl (C=O) groups is 1. The van der Waals surface area contributed by atoms with E-state index in [9.17, 15) is 21.6 Å². The van der Waals surface area contributed by atoms with Crippen molar-refractivity contribution in [3.63, 3.8) is 0 Å². The van der Waals surface area contributed by atoms with Crippen molar-refractivity contribution in [1.82, 2.24) is 14.3 Å². The molecule has 0 aliphatic carbocycles. The largest absolute Gasteiger partial charge is 0.373 e. The molecule has 0 aromatic heterocycles. The zero-order chi connectivity index (χ0) is 22.3. The Bertz CT molecular complexity index is 999. The molecule has 0 N–H and O–H groups in total. The van der Waals surface area contributed by atoms with Gasteiger partial charge in [-0.25, -0.2) is 21.8 Å².